The maximum Gasteiger partial charge on any atom is 0.419 e. The molecule has 0 aliphatic carbocycles. The summed E-state index contributed by atoms with van der Waals surface area (Å²) in [6.45, 7) is 1.73. The van der Waals surface area contributed by atoms with E-state index in [1.807, 2.05) is 6.07 Å². The van der Waals surface area contributed by atoms with E-state index >= 15 is 0 Å². The monoisotopic (exact) mass is 309 g/mol. The lowest BCUT2D eigenvalue weighted by atomic mass is 9.92. The van der Waals surface area contributed by atoms with Crippen LogP contribution in [0.25, 0.3) is 5.69 Å². The van der Waals surface area contributed by atoms with Crippen LogP contribution in [0.15, 0.2) is 36.5 Å². The Balaban J connectivity index is 1.98. The maximum absolute atomic E-state index is 13.3. The van der Waals surface area contributed by atoms with Crippen molar-refractivity contribution in [3.05, 3.63) is 47.8 Å². The van der Waals surface area contributed by atoms with Crippen LogP contribution in [0.5, 0.6) is 0 Å². The van der Waals surface area contributed by atoms with Crippen LogP contribution in [-0.4, -0.2) is 22.9 Å². The predicted molar refractivity (Wildman–Crippen MR) is 77.9 cm³/mol. The van der Waals surface area contributed by atoms with Crippen LogP contribution in [0.4, 0.5) is 13.2 Å². The number of piperidine rings is 1. The highest BCUT2D eigenvalue weighted by atomic mass is 19.4. The SMILES string of the molecule is FC(F)(F)c1cnn(-c2ccccc2)c1CC1CCNCC1. The van der Waals surface area contributed by atoms with Gasteiger partial charge in [-0.3, -0.25) is 0 Å². The van der Waals surface area contributed by atoms with E-state index < -0.39 is 11.7 Å². The molecule has 0 amide bonds. The molecular weight excluding hydrogens is 291 g/mol. The second kappa shape index (κ2) is 6.12. The molecule has 1 N–H and O–H groups in total. The smallest absolute Gasteiger partial charge is 0.317 e. The highest BCUT2D eigenvalue weighted by molar-refractivity contribution is 5.36. The first-order valence-corrected chi connectivity index (χ1v) is 7.46. The van der Waals surface area contributed by atoms with E-state index in [9.17, 15) is 13.2 Å². The van der Waals surface area contributed by atoms with E-state index in [1.165, 1.54) is 4.68 Å². The maximum atomic E-state index is 13.3. The van der Waals surface area contributed by atoms with Crippen molar-refractivity contribution in [2.45, 2.75) is 25.4 Å². The number of para-hydroxylation sites is 1. The number of nitrogens with zero attached hydrogens (tertiary/aromatic N) is 2. The lowest BCUT2D eigenvalue weighted by molar-refractivity contribution is -0.138. The molecule has 0 atom stereocenters. The molecule has 0 spiro atoms. The molecule has 1 aliphatic heterocycles. The third kappa shape index (κ3) is 3.16. The van der Waals surface area contributed by atoms with Gasteiger partial charge in [0.15, 0.2) is 0 Å². The fraction of sp³-hybridized carbons (Fsp3) is 0.438. The Hall–Kier alpha value is -1.82. The fourth-order valence-corrected chi connectivity index (χ4v) is 2.96. The highest BCUT2D eigenvalue weighted by Gasteiger charge is 2.37. The van der Waals surface area contributed by atoms with Gasteiger partial charge in [-0.15, -0.1) is 0 Å². The Morgan fingerprint density at radius 3 is 2.45 bits per heavy atom. The van der Waals surface area contributed by atoms with E-state index in [1.54, 1.807) is 24.3 Å². The molecule has 118 valence electrons. The third-order valence-corrected chi connectivity index (χ3v) is 4.12. The van der Waals surface area contributed by atoms with Gasteiger partial charge < -0.3 is 5.32 Å². The zero-order valence-corrected chi connectivity index (χ0v) is 12.1. The van der Waals surface area contributed by atoms with Gasteiger partial charge in [0.05, 0.1) is 23.1 Å². The number of nitrogens with one attached hydrogen (secondary N) is 1. The van der Waals surface area contributed by atoms with Gasteiger partial charge in [-0.05, 0) is 50.4 Å². The first-order valence-electron chi connectivity index (χ1n) is 7.46. The van der Waals surface area contributed by atoms with Gasteiger partial charge in [0.1, 0.15) is 0 Å². The van der Waals surface area contributed by atoms with Crippen LogP contribution in [-0.2, 0) is 12.6 Å². The molecule has 1 aromatic carbocycles. The molecule has 3 rings (SSSR count). The topological polar surface area (TPSA) is 29.9 Å². The summed E-state index contributed by atoms with van der Waals surface area (Å²) >= 11 is 0. The summed E-state index contributed by atoms with van der Waals surface area (Å²) in [4.78, 5) is 0. The van der Waals surface area contributed by atoms with E-state index in [4.69, 9.17) is 0 Å². The number of rotatable bonds is 3. The zero-order valence-electron chi connectivity index (χ0n) is 12.1. The molecule has 1 aromatic heterocycles. The van der Waals surface area contributed by atoms with Gasteiger partial charge in [0, 0.05) is 0 Å². The number of halogens is 3. The van der Waals surface area contributed by atoms with Crippen LogP contribution in [0.2, 0.25) is 0 Å². The molecule has 3 nitrogen and oxygen atoms in total. The number of benzene rings is 1. The number of alkyl halides is 3. The Kier molecular flexibility index (Phi) is 4.20. The minimum atomic E-state index is -4.37. The molecule has 0 unspecified atom stereocenters. The van der Waals surface area contributed by atoms with E-state index in [-0.39, 0.29) is 11.6 Å². The molecular formula is C16H18F3N3. The second-order valence-corrected chi connectivity index (χ2v) is 5.65. The van der Waals surface area contributed by atoms with Crippen LogP contribution in [0.1, 0.15) is 24.1 Å². The van der Waals surface area contributed by atoms with Crippen molar-refractivity contribution < 1.29 is 13.2 Å². The van der Waals surface area contributed by atoms with Gasteiger partial charge in [-0.1, -0.05) is 18.2 Å². The first-order chi connectivity index (χ1) is 10.6. The minimum Gasteiger partial charge on any atom is -0.317 e. The Morgan fingerprint density at radius 1 is 1.14 bits per heavy atom. The summed E-state index contributed by atoms with van der Waals surface area (Å²) < 4.78 is 41.2. The second-order valence-electron chi connectivity index (χ2n) is 5.65. The lowest BCUT2D eigenvalue weighted by Gasteiger charge is -2.23. The Labute approximate surface area is 127 Å². The molecule has 1 fully saturated rings. The first kappa shape index (κ1) is 15.1. The minimum absolute atomic E-state index is 0.265. The predicted octanol–water partition coefficient (Wildman–Crippen LogP) is 3.43. The van der Waals surface area contributed by atoms with Crippen molar-refractivity contribution in [3.63, 3.8) is 0 Å². The van der Waals surface area contributed by atoms with Crippen molar-refractivity contribution in [2.75, 3.05) is 13.1 Å². The van der Waals surface area contributed by atoms with E-state index in [0.29, 0.717) is 12.1 Å². The van der Waals surface area contributed by atoms with Crippen molar-refractivity contribution in [1.82, 2.24) is 15.1 Å². The fourth-order valence-electron chi connectivity index (χ4n) is 2.96. The van der Waals surface area contributed by atoms with Crippen molar-refractivity contribution in [3.8, 4) is 5.69 Å². The van der Waals surface area contributed by atoms with E-state index in [0.717, 1.165) is 32.1 Å². The van der Waals surface area contributed by atoms with Gasteiger partial charge in [0.25, 0.3) is 0 Å². The number of hydrogen-bond acceptors (Lipinski definition) is 2. The summed E-state index contributed by atoms with van der Waals surface area (Å²) in [5.74, 6) is 0.265. The normalized spacial score (nSPS) is 16.9. The summed E-state index contributed by atoms with van der Waals surface area (Å²) in [5, 5.41) is 7.24. The van der Waals surface area contributed by atoms with Crippen LogP contribution < -0.4 is 5.32 Å². The lowest BCUT2D eigenvalue weighted by Crippen LogP contribution is -2.29. The van der Waals surface area contributed by atoms with Gasteiger partial charge >= 0.3 is 6.18 Å². The standard InChI is InChI=1S/C16H18F3N3/c17-16(18,19)14-11-21-22(13-4-2-1-3-5-13)15(14)10-12-6-8-20-9-7-12/h1-5,11-12,20H,6-10H2. The Bertz CT molecular complexity index is 613. The molecule has 22 heavy (non-hydrogen) atoms. The van der Waals surface area contributed by atoms with Gasteiger partial charge in [-0.2, -0.15) is 18.3 Å². The highest BCUT2D eigenvalue weighted by Crippen LogP contribution is 2.34. The summed E-state index contributed by atoms with van der Waals surface area (Å²) in [6, 6.07) is 9.00. The van der Waals surface area contributed by atoms with E-state index in [2.05, 4.69) is 10.4 Å². The third-order valence-electron chi connectivity index (χ3n) is 4.12. The van der Waals surface area contributed by atoms with Crippen molar-refractivity contribution >= 4 is 0 Å². The summed E-state index contributed by atoms with van der Waals surface area (Å²) in [7, 11) is 0. The quantitative estimate of drug-likeness (QED) is 0.941. The molecule has 2 heterocycles. The molecule has 1 saturated heterocycles. The molecule has 1 aliphatic rings. The summed E-state index contributed by atoms with van der Waals surface area (Å²) in [6.07, 6.45) is -1.21. The zero-order chi connectivity index (χ0) is 15.6. The number of aromatic nitrogens is 2. The number of hydrogen-bond donors (Lipinski definition) is 1. The molecule has 0 radical (unpaired) electrons. The van der Waals surface area contributed by atoms with Crippen molar-refractivity contribution in [2.24, 2.45) is 5.92 Å². The van der Waals surface area contributed by atoms with Crippen molar-refractivity contribution in [1.29, 1.82) is 0 Å². The molecule has 6 heteroatoms. The Morgan fingerprint density at radius 2 is 1.82 bits per heavy atom. The average Bonchev–Trinajstić information content (AvgIpc) is 2.93. The van der Waals surface area contributed by atoms with Crippen LogP contribution in [0.3, 0.4) is 0 Å². The van der Waals surface area contributed by atoms with Crippen LogP contribution >= 0.6 is 0 Å². The largest absolute Gasteiger partial charge is 0.419 e. The molecule has 2 aromatic rings. The van der Waals surface area contributed by atoms with Crippen LogP contribution in [0, 0.1) is 5.92 Å². The van der Waals surface area contributed by atoms with Gasteiger partial charge in [0.2, 0.25) is 0 Å². The molecule has 0 saturated carbocycles. The molecule has 0 bridgehead atoms. The van der Waals surface area contributed by atoms with Gasteiger partial charge in [-0.25, -0.2) is 4.68 Å². The average molecular weight is 309 g/mol. The summed E-state index contributed by atoms with van der Waals surface area (Å²) in [5.41, 5.74) is 0.322.